The van der Waals surface area contributed by atoms with Crippen molar-refractivity contribution >= 4 is 39.9 Å². The Morgan fingerprint density at radius 1 is 1.31 bits per heavy atom. The van der Waals surface area contributed by atoms with Gasteiger partial charge in [-0.05, 0) is 24.5 Å². The summed E-state index contributed by atoms with van der Waals surface area (Å²) in [6.07, 6.45) is 1.79. The highest BCUT2D eigenvalue weighted by Gasteiger charge is 2.44. The first kappa shape index (κ1) is 16.7. The lowest BCUT2D eigenvalue weighted by molar-refractivity contribution is -0.136. The number of carbonyl (C=O) groups excluding carboxylic acids is 2. The van der Waals surface area contributed by atoms with Gasteiger partial charge in [-0.1, -0.05) is 18.2 Å². The van der Waals surface area contributed by atoms with E-state index in [0.717, 1.165) is 41.3 Å². The first-order valence-electron chi connectivity index (χ1n) is 8.42. The molecule has 0 saturated carbocycles. The van der Waals surface area contributed by atoms with Crippen LogP contribution >= 0.6 is 11.3 Å². The lowest BCUT2D eigenvalue weighted by Crippen LogP contribution is -2.44. The van der Waals surface area contributed by atoms with E-state index in [4.69, 9.17) is 5.11 Å². The normalized spacial score (nSPS) is 19.8. The van der Waals surface area contributed by atoms with Crippen molar-refractivity contribution in [3.05, 3.63) is 40.9 Å². The van der Waals surface area contributed by atoms with Crippen LogP contribution in [0.15, 0.2) is 29.6 Å². The Kier molecular flexibility index (Phi) is 4.20. The van der Waals surface area contributed by atoms with Gasteiger partial charge in [0.05, 0.1) is 18.5 Å². The molecule has 1 atom stereocenters. The molecule has 26 heavy (non-hydrogen) atoms. The van der Waals surface area contributed by atoms with Crippen LogP contribution in [0.5, 0.6) is 0 Å². The summed E-state index contributed by atoms with van der Waals surface area (Å²) in [5.41, 5.74) is 2.55. The second kappa shape index (κ2) is 6.53. The number of carboxylic acid groups (broad SMARTS) is 1. The molecule has 1 N–H and O–H groups in total. The van der Waals surface area contributed by atoms with Gasteiger partial charge in [-0.2, -0.15) is 0 Å². The molecule has 0 spiro atoms. The summed E-state index contributed by atoms with van der Waals surface area (Å²) in [5.74, 6) is -1.58. The molecule has 1 unspecified atom stereocenters. The molecule has 3 heterocycles. The summed E-state index contributed by atoms with van der Waals surface area (Å²) in [5, 5.41) is 10.7. The molecule has 134 valence electrons. The third kappa shape index (κ3) is 2.86. The number of thiazole rings is 1. The number of carbonyl (C=O) groups is 3. The molecule has 1 aromatic carbocycles. The number of fused-ring (bicyclic) bond motifs is 1. The highest BCUT2D eigenvalue weighted by atomic mass is 32.1. The van der Waals surface area contributed by atoms with Gasteiger partial charge in [-0.3, -0.25) is 14.4 Å². The highest BCUT2D eigenvalue weighted by molar-refractivity contribution is 7.14. The summed E-state index contributed by atoms with van der Waals surface area (Å²) in [7, 11) is 0. The van der Waals surface area contributed by atoms with Crippen LogP contribution in [0.25, 0.3) is 0 Å². The van der Waals surface area contributed by atoms with Gasteiger partial charge in [0.1, 0.15) is 6.04 Å². The van der Waals surface area contributed by atoms with Crippen LogP contribution in [0, 0.1) is 0 Å². The fourth-order valence-electron chi connectivity index (χ4n) is 3.58. The first-order valence-corrected chi connectivity index (χ1v) is 9.30. The van der Waals surface area contributed by atoms with Gasteiger partial charge < -0.3 is 10.0 Å². The van der Waals surface area contributed by atoms with Crippen molar-refractivity contribution in [1.82, 2.24) is 4.98 Å². The largest absolute Gasteiger partial charge is 0.481 e. The van der Waals surface area contributed by atoms with E-state index in [1.54, 1.807) is 5.38 Å². The quantitative estimate of drug-likeness (QED) is 0.825. The summed E-state index contributed by atoms with van der Waals surface area (Å²) >= 11 is 1.12. The van der Waals surface area contributed by atoms with E-state index in [9.17, 15) is 14.4 Å². The van der Waals surface area contributed by atoms with Crippen molar-refractivity contribution in [3.63, 3.8) is 0 Å². The SMILES string of the molecule is O=C(O)Cc1csc(N2C(=O)CC(N3CCCc4ccccc43)C2=O)n1. The maximum absolute atomic E-state index is 13.0. The van der Waals surface area contributed by atoms with Crippen LogP contribution in [-0.2, 0) is 27.2 Å². The Balaban J connectivity index is 1.60. The van der Waals surface area contributed by atoms with Crippen LogP contribution in [0.2, 0.25) is 0 Å². The second-order valence-electron chi connectivity index (χ2n) is 6.40. The van der Waals surface area contributed by atoms with Crippen LogP contribution in [0.4, 0.5) is 10.8 Å². The zero-order valence-corrected chi connectivity index (χ0v) is 14.7. The van der Waals surface area contributed by atoms with Crippen molar-refractivity contribution in [2.75, 3.05) is 16.3 Å². The Labute approximate surface area is 153 Å². The molecule has 2 aliphatic rings. The minimum atomic E-state index is -0.997. The molecule has 4 rings (SSSR count). The predicted molar refractivity (Wildman–Crippen MR) is 96.5 cm³/mol. The van der Waals surface area contributed by atoms with Gasteiger partial charge in [0.15, 0.2) is 5.13 Å². The van der Waals surface area contributed by atoms with Gasteiger partial charge >= 0.3 is 5.97 Å². The first-order chi connectivity index (χ1) is 12.5. The summed E-state index contributed by atoms with van der Waals surface area (Å²) in [6.45, 7) is 0.733. The summed E-state index contributed by atoms with van der Waals surface area (Å²) < 4.78 is 0. The van der Waals surface area contributed by atoms with E-state index in [1.165, 1.54) is 5.56 Å². The number of amides is 2. The number of hydrogen-bond donors (Lipinski definition) is 1. The number of aromatic nitrogens is 1. The molecular formula is C18H17N3O4S. The summed E-state index contributed by atoms with van der Waals surface area (Å²) in [6, 6.07) is 7.43. The predicted octanol–water partition coefficient (Wildman–Crippen LogP) is 1.85. The number of para-hydroxylation sites is 1. The van der Waals surface area contributed by atoms with Crippen molar-refractivity contribution < 1.29 is 19.5 Å². The van der Waals surface area contributed by atoms with E-state index in [-0.39, 0.29) is 29.8 Å². The molecule has 2 aliphatic heterocycles. The molecule has 2 amide bonds. The smallest absolute Gasteiger partial charge is 0.309 e. The molecule has 8 heteroatoms. The number of carboxylic acids is 1. The van der Waals surface area contributed by atoms with Gasteiger partial charge in [0, 0.05) is 17.6 Å². The fourth-order valence-corrected chi connectivity index (χ4v) is 4.43. The molecule has 0 bridgehead atoms. The maximum Gasteiger partial charge on any atom is 0.309 e. The molecule has 1 aromatic heterocycles. The standard InChI is InChI=1S/C18H17N3O4S/c22-15-9-14(20-7-3-5-11-4-1-2-6-13(11)20)17(25)21(15)18-19-12(10-26-18)8-16(23)24/h1-2,4,6,10,14H,3,5,7-9H2,(H,23,24). The Bertz CT molecular complexity index is 894. The van der Waals surface area contributed by atoms with E-state index in [2.05, 4.69) is 11.1 Å². The van der Waals surface area contributed by atoms with Crippen molar-refractivity contribution in [2.24, 2.45) is 0 Å². The van der Waals surface area contributed by atoms with Gasteiger partial charge in [-0.15, -0.1) is 11.3 Å². The van der Waals surface area contributed by atoms with Gasteiger partial charge in [0.2, 0.25) is 5.91 Å². The van der Waals surface area contributed by atoms with Crippen LogP contribution in [0.1, 0.15) is 24.1 Å². The number of anilines is 2. The minimum absolute atomic E-state index is 0.112. The second-order valence-corrected chi connectivity index (χ2v) is 7.24. The minimum Gasteiger partial charge on any atom is -0.481 e. The third-order valence-corrected chi connectivity index (χ3v) is 5.58. The van der Waals surface area contributed by atoms with E-state index < -0.39 is 12.0 Å². The highest BCUT2D eigenvalue weighted by Crippen LogP contribution is 2.34. The number of rotatable bonds is 4. The Morgan fingerprint density at radius 3 is 2.92 bits per heavy atom. The van der Waals surface area contributed by atoms with E-state index in [1.807, 2.05) is 23.1 Å². The van der Waals surface area contributed by atoms with E-state index in [0.29, 0.717) is 5.69 Å². The van der Waals surface area contributed by atoms with Crippen molar-refractivity contribution in [2.45, 2.75) is 31.7 Å². The lowest BCUT2D eigenvalue weighted by atomic mass is 9.99. The van der Waals surface area contributed by atoms with Crippen molar-refractivity contribution in [1.29, 1.82) is 0 Å². The Morgan fingerprint density at radius 2 is 2.12 bits per heavy atom. The number of aryl methyl sites for hydroxylation is 1. The summed E-state index contributed by atoms with van der Waals surface area (Å²) in [4.78, 5) is 43.6. The Hall–Kier alpha value is -2.74. The van der Waals surface area contributed by atoms with E-state index >= 15 is 0 Å². The molecular weight excluding hydrogens is 354 g/mol. The number of imide groups is 1. The molecule has 0 radical (unpaired) electrons. The molecule has 0 aliphatic carbocycles. The molecule has 1 fully saturated rings. The molecule has 7 nitrogen and oxygen atoms in total. The molecule has 1 saturated heterocycles. The number of aliphatic carboxylic acids is 1. The lowest BCUT2D eigenvalue weighted by Gasteiger charge is -2.34. The topological polar surface area (TPSA) is 90.8 Å². The maximum atomic E-state index is 13.0. The zero-order valence-electron chi connectivity index (χ0n) is 13.9. The van der Waals surface area contributed by atoms with Gasteiger partial charge in [0.25, 0.3) is 5.91 Å². The monoisotopic (exact) mass is 371 g/mol. The number of benzene rings is 1. The van der Waals surface area contributed by atoms with Crippen molar-refractivity contribution in [3.8, 4) is 0 Å². The average molecular weight is 371 g/mol. The zero-order chi connectivity index (χ0) is 18.3. The number of hydrogen-bond acceptors (Lipinski definition) is 6. The number of nitrogens with zero attached hydrogens (tertiary/aromatic N) is 3. The third-order valence-electron chi connectivity index (χ3n) is 4.71. The van der Waals surface area contributed by atoms with Crippen LogP contribution < -0.4 is 9.80 Å². The van der Waals surface area contributed by atoms with Crippen LogP contribution in [-0.4, -0.2) is 40.5 Å². The molecule has 2 aromatic rings. The average Bonchev–Trinajstić information content (AvgIpc) is 3.17. The van der Waals surface area contributed by atoms with Gasteiger partial charge in [-0.25, -0.2) is 9.88 Å². The van der Waals surface area contributed by atoms with Crippen LogP contribution in [0.3, 0.4) is 0 Å². The fraction of sp³-hybridized carbons (Fsp3) is 0.333.